The second kappa shape index (κ2) is 18.3. The lowest BCUT2D eigenvalue weighted by Gasteiger charge is -2.54. The molecule has 1 aromatic heterocycles. The summed E-state index contributed by atoms with van der Waals surface area (Å²) in [4.78, 5) is 5.77. The molecule has 6 aromatic rings. The van der Waals surface area contributed by atoms with E-state index in [0.717, 1.165) is 120 Å². The maximum Gasteiger partial charge on any atom is 0.678 e. The Hall–Kier alpha value is -5.55. The highest BCUT2D eigenvalue weighted by Crippen LogP contribution is 2.61. The minimum absolute atomic E-state index is 0.0387. The monoisotopic (exact) mass is 995 g/mol. The molecule has 75 heavy (non-hydrogen) atoms. The Bertz CT molecular complexity index is 3200. The molecule has 1 aliphatic heterocycles. The number of allylic oxidation sites excluding steroid dienone is 2. The lowest BCUT2D eigenvalue weighted by molar-refractivity contribution is -0.00283. The van der Waals surface area contributed by atoms with Gasteiger partial charge >= 0.3 is 7.40 Å². The summed E-state index contributed by atoms with van der Waals surface area (Å²) in [5, 5.41) is 0. The number of aromatic nitrogens is 1. The first-order chi connectivity index (χ1) is 35.9. The molecule has 0 unspecified atom stereocenters. The molecule has 0 radical (unpaired) electrons. The fourth-order valence-electron chi connectivity index (χ4n) is 17.3. The second-order valence-corrected chi connectivity index (χ2v) is 27.3. The molecule has 0 N–H and O–H groups in total. The van der Waals surface area contributed by atoms with E-state index in [-0.39, 0.29) is 10.8 Å². The highest BCUT2D eigenvalue weighted by Gasteiger charge is 2.50. The molecule has 8 bridgehead atoms. The SMILES string of the molecule is Cc1cc(C)c(/C(=C2/N=C(c3ccc(C4C5CC6CC(C5)CC4C6)cc3)C=C2c2ccc(C(C)(C)C)cc2)c2c(-c3ccc(C(C)(C)C)cc3)cc(-c3ccc(C4C5CC6CC(C5)CC4C6)cc3)n2B(F)F)c(C)c1. The van der Waals surface area contributed by atoms with Crippen LogP contribution < -0.4 is 0 Å². The van der Waals surface area contributed by atoms with Gasteiger partial charge in [0.2, 0.25) is 0 Å². The second-order valence-electron chi connectivity index (χ2n) is 27.3. The Labute approximate surface area is 447 Å². The maximum absolute atomic E-state index is 17.0. The molecule has 5 heteroatoms. The molecular weight excluding hydrogens is 918 g/mol. The summed E-state index contributed by atoms with van der Waals surface area (Å²) in [6.07, 6.45) is 16.1. The standard InChI is InChI=1S/C70H77BF2N2/c1-40-26-41(2)63(42(3)27-40)66(67-59(47-18-22-57(23-19-47)69(4,5)6)38-61(74-67)49-10-14-51(15-11-49)64-53-30-43-28-44(32-53)33-54(64)31-43)68-60(48-20-24-58(25-21-48)70(7,8)9)39-62(75(68)71(72)73)50-12-16-52(17-13-50)65-55-34-45-29-46(36-55)37-56(65)35-45/h10-27,38-39,43-46,53-56,64-65H,28-37H2,1-9H3/b67-66-. The molecule has 15 rings (SSSR count). The Kier molecular flexibility index (Phi) is 12.0. The zero-order valence-corrected chi connectivity index (χ0v) is 46.1. The third-order valence-corrected chi connectivity index (χ3v) is 20.2. The van der Waals surface area contributed by atoms with Crippen molar-refractivity contribution in [2.45, 2.75) is 149 Å². The molecule has 8 saturated carbocycles. The third-order valence-electron chi connectivity index (χ3n) is 20.2. The normalized spacial score (nSPS) is 28.3. The number of nitrogens with zero attached hydrogens (tertiary/aromatic N) is 2. The van der Waals surface area contributed by atoms with Crippen LogP contribution in [-0.4, -0.2) is 17.6 Å². The maximum atomic E-state index is 17.0. The van der Waals surface area contributed by atoms with Crippen molar-refractivity contribution in [3.63, 3.8) is 0 Å². The summed E-state index contributed by atoms with van der Waals surface area (Å²) in [5.41, 5.74) is 18.3. The van der Waals surface area contributed by atoms with Gasteiger partial charge in [-0.1, -0.05) is 156 Å². The van der Waals surface area contributed by atoms with Crippen LogP contribution in [0.3, 0.4) is 0 Å². The molecule has 0 atom stereocenters. The molecule has 0 saturated heterocycles. The predicted octanol–water partition coefficient (Wildman–Crippen LogP) is 18.5. The number of hydrogen-bond acceptors (Lipinski definition) is 1. The highest BCUT2D eigenvalue weighted by atomic mass is 19.2. The summed E-state index contributed by atoms with van der Waals surface area (Å²) in [7, 11) is -2.84. The van der Waals surface area contributed by atoms with Gasteiger partial charge in [0.15, 0.2) is 0 Å². The van der Waals surface area contributed by atoms with Crippen molar-refractivity contribution in [3.05, 3.63) is 188 Å². The molecule has 384 valence electrons. The number of rotatable bonds is 9. The quantitative estimate of drug-likeness (QED) is 0.128. The summed E-state index contributed by atoms with van der Waals surface area (Å²) in [6, 6.07) is 42.4. The van der Waals surface area contributed by atoms with Gasteiger partial charge < -0.3 is 4.48 Å². The molecule has 5 aromatic carbocycles. The molecule has 9 aliphatic rings. The number of aliphatic imine (C=N–C) groups is 1. The zero-order valence-electron chi connectivity index (χ0n) is 46.1. The Morgan fingerprint density at radius 2 is 0.920 bits per heavy atom. The average Bonchev–Trinajstić information content (AvgIpc) is 3.99. The molecule has 2 heterocycles. The van der Waals surface area contributed by atoms with Gasteiger partial charge in [0.05, 0.1) is 17.1 Å². The molecule has 8 fully saturated rings. The van der Waals surface area contributed by atoms with Gasteiger partial charge in [-0.25, -0.2) is 4.99 Å². The van der Waals surface area contributed by atoms with Crippen LogP contribution in [0.25, 0.3) is 33.5 Å². The minimum atomic E-state index is -2.84. The predicted molar refractivity (Wildman–Crippen MR) is 310 cm³/mol. The zero-order chi connectivity index (χ0) is 51.8. The first kappa shape index (κ1) is 49.1. The molecular formula is C70H77BF2N2. The van der Waals surface area contributed by atoms with Crippen LogP contribution in [0.4, 0.5) is 8.63 Å². The van der Waals surface area contributed by atoms with Crippen LogP contribution in [0, 0.1) is 68.1 Å². The first-order valence-electron chi connectivity index (χ1n) is 29.0. The lowest BCUT2D eigenvalue weighted by atomic mass is 9.51. The van der Waals surface area contributed by atoms with Crippen LogP contribution in [-0.2, 0) is 10.8 Å². The molecule has 8 aliphatic carbocycles. The Morgan fingerprint density at radius 3 is 1.35 bits per heavy atom. The van der Waals surface area contributed by atoms with Crippen LogP contribution in [0.2, 0.25) is 0 Å². The van der Waals surface area contributed by atoms with Crippen LogP contribution in [0.1, 0.15) is 179 Å². The van der Waals surface area contributed by atoms with Gasteiger partial charge in [-0.05, 0) is 223 Å². The van der Waals surface area contributed by atoms with E-state index in [1.54, 1.807) is 0 Å². The third kappa shape index (κ3) is 8.70. The van der Waals surface area contributed by atoms with Gasteiger partial charge in [-0.15, -0.1) is 0 Å². The van der Waals surface area contributed by atoms with E-state index in [2.05, 4.69) is 184 Å². The van der Waals surface area contributed by atoms with Gasteiger partial charge in [-0.2, -0.15) is 0 Å². The van der Waals surface area contributed by atoms with E-state index in [1.165, 1.54) is 90.9 Å². The highest BCUT2D eigenvalue weighted by molar-refractivity contribution is 6.43. The van der Waals surface area contributed by atoms with Crippen molar-refractivity contribution in [1.29, 1.82) is 0 Å². The number of benzene rings is 5. The Morgan fingerprint density at radius 1 is 0.507 bits per heavy atom. The van der Waals surface area contributed by atoms with Gasteiger partial charge in [0, 0.05) is 28.0 Å². The van der Waals surface area contributed by atoms with Crippen LogP contribution in [0.5, 0.6) is 0 Å². The molecule has 2 nitrogen and oxygen atoms in total. The molecule has 0 amide bonds. The van der Waals surface area contributed by atoms with E-state index >= 15 is 8.63 Å². The van der Waals surface area contributed by atoms with Crippen LogP contribution >= 0.6 is 0 Å². The average molecular weight is 995 g/mol. The number of hydrogen-bond donors (Lipinski definition) is 0. The van der Waals surface area contributed by atoms with E-state index in [4.69, 9.17) is 4.99 Å². The topological polar surface area (TPSA) is 17.3 Å². The number of halogens is 2. The van der Waals surface area contributed by atoms with Crippen molar-refractivity contribution in [1.82, 2.24) is 4.48 Å². The van der Waals surface area contributed by atoms with Crippen molar-refractivity contribution >= 4 is 24.3 Å². The van der Waals surface area contributed by atoms with Crippen LogP contribution in [0.15, 0.2) is 132 Å². The van der Waals surface area contributed by atoms with E-state index in [0.29, 0.717) is 23.2 Å². The minimum Gasteiger partial charge on any atom is -0.324 e. The van der Waals surface area contributed by atoms with Crippen molar-refractivity contribution in [2.24, 2.45) is 52.3 Å². The summed E-state index contributed by atoms with van der Waals surface area (Å²) < 4.78 is 35.4. The smallest absolute Gasteiger partial charge is 0.324 e. The number of aryl methyl sites for hydroxylation is 3. The van der Waals surface area contributed by atoms with E-state index in [1.807, 2.05) is 0 Å². The summed E-state index contributed by atoms with van der Waals surface area (Å²) >= 11 is 0. The largest absolute Gasteiger partial charge is 0.678 e. The van der Waals surface area contributed by atoms with Crippen molar-refractivity contribution < 1.29 is 8.63 Å². The van der Waals surface area contributed by atoms with E-state index < -0.39 is 7.40 Å². The summed E-state index contributed by atoms with van der Waals surface area (Å²) in [6.45, 7) is 19.9. The molecule has 0 spiro atoms. The summed E-state index contributed by atoms with van der Waals surface area (Å²) in [5.74, 6) is 7.93. The Balaban J connectivity index is 1.03. The van der Waals surface area contributed by atoms with E-state index in [9.17, 15) is 0 Å². The van der Waals surface area contributed by atoms with Gasteiger partial charge in [-0.3, -0.25) is 8.63 Å². The van der Waals surface area contributed by atoms with Crippen molar-refractivity contribution in [2.75, 3.05) is 0 Å². The fourth-order valence-corrected chi connectivity index (χ4v) is 17.3. The van der Waals surface area contributed by atoms with Crippen molar-refractivity contribution in [3.8, 4) is 22.4 Å². The van der Waals surface area contributed by atoms with Gasteiger partial charge in [0.1, 0.15) is 0 Å². The first-order valence-corrected chi connectivity index (χ1v) is 29.0. The fraction of sp³-hybridized carbons (Fsp3) is 0.443. The lowest BCUT2D eigenvalue weighted by Crippen LogP contribution is -2.43. The van der Waals surface area contributed by atoms with Gasteiger partial charge in [0.25, 0.3) is 0 Å².